The van der Waals surface area contributed by atoms with Gasteiger partial charge >= 0.3 is 0 Å². The van der Waals surface area contributed by atoms with Crippen LogP contribution in [0, 0.1) is 35.8 Å². The van der Waals surface area contributed by atoms with Crippen LogP contribution >= 0.6 is 0 Å². The number of nitrogens with one attached hydrogen (secondary N) is 2. The number of pyridine rings is 2. The third-order valence-corrected chi connectivity index (χ3v) is 7.63. The second-order valence-electron chi connectivity index (χ2n) is 10.9. The molecule has 0 spiro atoms. The van der Waals surface area contributed by atoms with Gasteiger partial charge in [0.2, 0.25) is 18.1 Å². The largest absolute Gasteiger partial charge is 0.618 e. The van der Waals surface area contributed by atoms with E-state index in [4.69, 9.17) is 4.74 Å². The molecule has 3 heterocycles. The number of hydrogen-bond donors (Lipinski definition) is 2. The zero-order valence-corrected chi connectivity index (χ0v) is 23.2. The molecule has 1 atom stereocenters. The van der Waals surface area contributed by atoms with Crippen LogP contribution in [0.3, 0.4) is 0 Å². The van der Waals surface area contributed by atoms with E-state index in [1.165, 1.54) is 18.3 Å². The Labute approximate surface area is 232 Å². The number of halogens is 1. The highest BCUT2D eigenvalue weighted by Crippen LogP contribution is 2.51. The third kappa shape index (κ3) is 5.78. The molecule has 3 aromatic rings. The Morgan fingerprint density at radius 2 is 1.88 bits per heavy atom. The van der Waals surface area contributed by atoms with Crippen LogP contribution in [0.25, 0.3) is 11.1 Å². The minimum atomic E-state index is -0.836. The lowest BCUT2D eigenvalue weighted by atomic mass is 9.88. The maximum absolute atomic E-state index is 15.3. The second kappa shape index (κ2) is 11.2. The normalized spacial score (nSPS) is 15.8. The van der Waals surface area contributed by atoms with E-state index in [9.17, 15) is 14.8 Å². The van der Waals surface area contributed by atoms with Gasteiger partial charge in [0.05, 0.1) is 12.2 Å². The van der Waals surface area contributed by atoms with Crippen LogP contribution in [-0.4, -0.2) is 39.2 Å². The lowest BCUT2D eigenvalue weighted by Crippen LogP contribution is -2.50. The summed E-state index contributed by atoms with van der Waals surface area (Å²) in [6, 6.07) is 5.38. The summed E-state index contributed by atoms with van der Waals surface area (Å²) in [6.45, 7) is 7.59. The van der Waals surface area contributed by atoms with Gasteiger partial charge in [-0.05, 0) is 82.4 Å². The number of nitrogens with zero attached hydrogens (tertiary/aromatic N) is 4. The molecule has 2 saturated carbocycles. The van der Waals surface area contributed by atoms with Crippen molar-refractivity contribution in [2.45, 2.75) is 65.5 Å². The first-order valence-corrected chi connectivity index (χ1v) is 13.9. The van der Waals surface area contributed by atoms with Crippen LogP contribution < -0.4 is 20.1 Å². The van der Waals surface area contributed by atoms with Crippen LogP contribution in [-0.2, 0) is 4.79 Å². The molecule has 0 aliphatic heterocycles. The molecule has 40 heavy (non-hydrogen) atoms. The third-order valence-electron chi connectivity index (χ3n) is 7.63. The van der Waals surface area contributed by atoms with Gasteiger partial charge in [-0.1, -0.05) is 0 Å². The summed E-state index contributed by atoms with van der Waals surface area (Å²) < 4.78 is 23.0. The Bertz CT molecular complexity index is 1400. The molecule has 0 unspecified atom stereocenters. The van der Waals surface area contributed by atoms with Gasteiger partial charge in [-0.2, -0.15) is 14.2 Å². The fourth-order valence-corrected chi connectivity index (χ4v) is 5.39. The SMILES string of the molecule is CCOc1cc(-c2ccc(NC(=O)[C@@H](NC(=O)c3ccnn3C(C)C)C(C3CC3)C3CC3)nc2F)c(C)[n+]([O-])c1. The Hall–Kier alpha value is -4.02. The van der Waals surface area contributed by atoms with Gasteiger partial charge in [-0.3, -0.25) is 14.3 Å². The maximum Gasteiger partial charge on any atom is 0.270 e. The summed E-state index contributed by atoms with van der Waals surface area (Å²) >= 11 is 0. The molecule has 11 heteroatoms. The number of amides is 2. The fourth-order valence-electron chi connectivity index (χ4n) is 5.39. The topological polar surface area (TPSA) is 125 Å². The zero-order chi connectivity index (χ0) is 28.6. The van der Waals surface area contributed by atoms with Gasteiger partial charge in [0, 0.05) is 30.8 Å². The predicted molar refractivity (Wildman–Crippen MR) is 146 cm³/mol. The van der Waals surface area contributed by atoms with Crippen molar-refractivity contribution >= 4 is 17.6 Å². The van der Waals surface area contributed by atoms with E-state index in [1.807, 2.05) is 13.8 Å². The molecule has 2 N–H and O–H groups in total. The van der Waals surface area contributed by atoms with E-state index in [-0.39, 0.29) is 29.2 Å². The summed E-state index contributed by atoms with van der Waals surface area (Å²) in [5.41, 5.74) is 1.13. The van der Waals surface area contributed by atoms with Crippen LogP contribution in [0.4, 0.5) is 10.2 Å². The van der Waals surface area contributed by atoms with E-state index >= 15 is 4.39 Å². The van der Waals surface area contributed by atoms with Crippen molar-refractivity contribution in [3.63, 3.8) is 0 Å². The molecule has 0 bridgehead atoms. The predicted octanol–water partition coefficient (Wildman–Crippen LogP) is 4.18. The number of aromatic nitrogens is 4. The summed E-state index contributed by atoms with van der Waals surface area (Å²) in [6.07, 6.45) is 6.94. The Morgan fingerprint density at radius 3 is 2.48 bits per heavy atom. The Kier molecular flexibility index (Phi) is 7.73. The number of rotatable bonds is 11. The number of ether oxygens (including phenoxy) is 1. The Morgan fingerprint density at radius 1 is 1.18 bits per heavy atom. The van der Waals surface area contributed by atoms with Crippen molar-refractivity contribution in [1.82, 2.24) is 20.1 Å². The highest BCUT2D eigenvalue weighted by Gasteiger charge is 2.48. The minimum absolute atomic E-state index is 0.0000495. The lowest BCUT2D eigenvalue weighted by molar-refractivity contribution is -0.612. The molecule has 212 valence electrons. The molecular weight excluding hydrogens is 515 g/mol. The number of hydrogen-bond acceptors (Lipinski definition) is 6. The molecule has 5 rings (SSSR count). The first-order chi connectivity index (χ1) is 19.2. The standard InChI is InChI=1S/C29H35FN6O4/c1-5-40-20-14-22(17(4)35(39)15-20)21-10-11-24(32-27(21)30)33-29(38)26(25(18-6-7-18)19-8-9-19)34-28(37)23-12-13-31-36(23)16(2)3/h10-16,18-19,25-26H,5-9H2,1-4H3,(H,34,37)(H,32,33,38)/t26-/m0/s1. The smallest absolute Gasteiger partial charge is 0.270 e. The van der Waals surface area contributed by atoms with E-state index in [2.05, 4.69) is 20.7 Å². The van der Waals surface area contributed by atoms with Gasteiger partial charge in [-0.25, -0.2) is 4.98 Å². The summed E-state index contributed by atoms with van der Waals surface area (Å²) in [5, 5.41) is 22.3. The van der Waals surface area contributed by atoms with E-state index in [0.29, 0.717) is 45.9 Å². The quantitative estimate of drug-likeness (QED) is 0.210. The van der Waals surface area contributed by atoms with Crippen molar-refractivity contribution in [1.29, 1.82) is 0 Å². The molecule has 10 nitrogen and oxygen atoms in total. The van der Waals surface area contributed by atoms with Crippen molar-refractivity contribution in [2.24, 2.45) is 17.8 Å². The zero-order valence-electron chi connectivity index (χ0n) is 23.2. The second-order valence-corrected chi connectivity index (χ2v) is 10.9. The molecule has 0 radical (unpaired) electrons. The van der Waals surface area contributed by atoms with Gasteiger partial charge in [0.25, 0.3) is 5.91 Å². The average Bonchev–Trinajstić information content (AvgIpc) is 3.85. The van der Waals surface area contributed by atoms with Gasteiger partial charge in [0.15, 0.2) is 11.4 Å². The molecule has 0 aromatic carbocycles. The van der Waals surface area contributed by atoms with Crippen molar-refractivity contribution < 1.29 is 23.4 Å². The van der Waals surface area contributed by atoms with Crippen LogP contribution in [0.1, 0.15) is 68.7 Å². The monoisotopic (exact) mass is 550 g/mol. The fraction of sp³-hybridized carbons (Fsp3) is 0.483. The highest BCUT2D eigenvalue weighted by atomic mass is 19.1. The van der Waals surface area contributed by atoms with Crippen LogP contribution in [0.2, 0.25) is 0 Å². The summed E-state index contributed by atoms with van der Waals surface area (Å²) in [5.74, 6) is -0.566. The molecule has 3 aromatic heterocycles. The summed E-state index contributed by atoms with van der Waals surface area (Å²) in [4.78, 5) is 31.0. The van der Waals surface area contributed by atoms with Crippen LogP contribution in [0.5, 0.6) is 5.75 Å². The molecule has 0 saturated heterocycles. The number of anilines is 1. The first-order valence-electron chi connectivity index (χ1n) is 13.9. The van der Waals surface area contributed by atoms with Gasteiger partial charge in [0.1, 0.15) is 17.6 Å². The van der Waals surface area contributed by atoms with Crippen LogP contribution in [0.15, 0.2) is 36.7 Å². The van der Waals surface area contributed by atoms with Gasteiger partial charge < -0.3 is 20.6 Å². The van der Waals surface area contributed by atoms with E-state index in [0.717, 1.165) is 25.7 Å². The molecule has 2 fully saturated rings. The van der Waals surface area contributed by atoms with E-state index in [1.54, 1.807) is 36.9 Å². The first kappa shape index (κ1) is 27.5. The van der Waals surface area contributed by atoms with E-state index < -0.39 is 17.9 Å². The van der Waals surface area contributed by atoms with Crippen molar-refractivity contribution in [3.8, 4) is 16.9 Å². The average molecular weight is 551 g/mol. The summed E-state index contributed by atoms with van der Waals surface area (Å²) in [7, 11) is 0. The highest BCUT2D eigenvalue weighted by molar-refractivity contribution is 6.00. The van der Waals surface area contributed by atoms with Gasteiger partial charge in [-0.15, -0.1) is 0 Å². The number of carbonyl (C=O) groups is 2. The molecular formula is C29H35FN6O4. The van der Waals surface area contributed by atoms with Crippen molar-refractivity contribution in [2.75, 3.05) is 11.9 Å². The molecule has 2 amide bonds. The lowest BCUT2D eigenvalue weighted by Gasteiger charge is -2.27. The maximum atomic E-state index is 15.3. The number of carbonyl (C=O) groups excluding carboxylic acids is 2. The molecule has 2 aliphatic carbocycles. The molecule has 2 aliphatic rings. The Balaban J connectivity index is 1.39. The van der Waals surface area contributed by atoms with Crippen molar-refractivity contribution in [3.05, 3.63) is 59.2 Å². The minimum Gasteiger partial charge on any atom is -0.618 e.